The van der Waals surface area contributed by atoms with Gasteiger partial charge in [0.2, 0.25) is 0 Å². The first-order chi connectivity index (χ1) is 28.7. The van der Waals surface area contributed by atoms with E-state index >= 15 is 0 Å². The molecule has 0 bridgehead atoms. The van der Waals surface area contributed by atoms with E-state index < -0.39 is 87.8 Å². The van der Waals surface area contributed by atoms with Crippen molar-refractivity contribution in [2.24, 2.45) is 17.6 Å². The fourth-order valence-corrected chi connectivity index (χ4v) is 7.32. The Labute approximate surface area is 357 Å². The Morgan fingerprint density at radius 3 is 2.08 bits per heavy atom. The van der Waals surface area contributed by atoms with E-state index in [0.29, 0.717) is 25.7 Å². The van der Waals surface area contributed by atoms with Crippen LogP contribution in [0.2, 0.25) is 0 Å². The van der Waals surface area contributed by atoms with Crippen molar-refractivity contribution in [3.8, 4) is 0 Å². The van der Waals surface area contributed by atoms with Gasteiger partial charge in [-0.2, -0.15) is 0 Å². The minimum atomic E-state index is -4.81. The molecule has 0 amide bonds. The summed E-state index contributed by atoms with van der Waals surface area (Å²) in [7, 11) is -4.81. The number of ether oxygens (including phenoxy) is 2. The Morgan fingerprint density at radius 1 is 0.767 bits per heavy atom. The molecule has 15 nitrogen and oxygen atoms in total. The predicted molar refractivity (Wildman–Crippen MR) is 228 cm³/mol. The van der Waals surface area contributed by atoms with E-state index in [1.165, 1.54) is 0 Å². The smallest absolute Gasteiger partial charge is 0.472 e. The number of carbonyl (C=O) groups is 4. The third-order valence-electron chi connectivity index (χ3n) is 10.0. The second kappa shape index (κ2) is 33.6. The van der Waals surface area contributed by atoms with Gasteiger partial charge in [-0.3, -0.25) is 28.2 Å². The second-order valence-electron chi connectivity index (χ2n) is 15.4. The number of nitrogens with two attached hydrogens (primary N) is 1. The fraction of sp³-hybridized carbons (Fsp3) is 0.727. The molecule has 0 saturated heterocycles. The van der Waals surface area contributed by atoms with E-state index in [2.05, 4.69) is 54.8 Å². The molecule has 0 aromatic carbocycles. The largest absolute Gasteiger partial charge is 0.480 e. The Hall–Kier alpha value is -3.01. The topological polar surface area (TPSA) is 249 Å². The van der Waals surface area contributed by atoms with Gasteiger partial charge in [-0.05, 0) is 57.8 Å². The molecule has 1 fully saturated rings. The minimum Gasteiger partial charge on any atom is -0.480 e. The third-order valence-corrected chi connectivity index (χ3v) is 11.0. The first-order valence-corrected chi connectivity index (χ1v) is 23.3. The van der Waals surface area contributed by atoms with Crippen LogP contribution in [-0.2, 0) is 42.3 Å². The number of carbonyl (C=O) groups excluding carboxylic acids is 3. The molecule has 7 N–H and O–H groups in total. The molecule has 8 atom stereocenters. The number of aliphatic hydroxyl groups is 3. The summed E-state index contributed by atoms with van der Waals surface area (Å²) in [5.41, 5.74) is 5.32. The van der Waals surface area contributed by atoms with Crippen molar-refractivity contribution in [1.82, 2.24) is 0 Å². The van der Waals surface area contributed by atoms with Crippen LogP contribution in [0.5, 0.6) is 0 Å². The maximum atomic E-state index is 12.8. The van der Waals surface area contributed by atoms with Crippen molar-refractivity contribution < 1.29 is 67.6 Å². The lowest BCUT2D eigenvalue weighted by Gasteiger charge is -2.20. The normalized spacial score (nSPS) is 20.9. The zero-order chi connectivity index (χ0) is 44.6. The lowest BCUT2D eigenvalue weighted by Crippen LogP contribution is -2.34. The van der Waals surface area contributed by atoms with Crippen molar-refractivity contribution >= 4 is 31.5 Å². The van der Waals surface area contributed by atoms with Crippen LogP contribution >= 0.6 is 7.82 Å². The highest BCUT2D eigenvalue weighted by atomic mass is 31.2. The van der Waals surface area contributed by atoms with Gasteiger partial charge in [0.05, 0.1) is 31.5 Å². The summed E-state index contributed by atoms with van der Waals surface area (Å²) in [6.45, 7) is 2.17. The molecule has 0 aliphatic heterocycles. The van der Waals surface area contributed by atoms with E-state index in [9.17, 15) is 44.0 Å². The number of unbranched alkanes of at least 4 members (excludes halogenated alkanes) is 8. The molecule has 0 heterocycles. The monoisotopic (exact) mass is 871 g/mol. The number of esters is 2. The van der Waals surface area contributed by atoms with Crippen molar-refractivity contribution in [2.45, 2.75) is 173 Å². The second-order valence-corrected chi connectivity index (χ2v) is 16.9. The van der Waals surface area contributed by atoms with E-state index in [1.54, 1.807) is 12.2 Å². The first-order valence-electron chi connectivity index (χ1n) is 21.8. The highest BCUT2D eigenvalue weighted by Crippen LogP contribution is 2.43. The molecule has 0 radical (unpaired) electrons. The zero-order valence-electron chi connectivity index (χ0n) is 35.9. The summed E-state index contributed by atoms with van der Waals surface area (Å²) in [5.74, 6) is -3.82. The summed E-state index contributed by atoms with van der Waals surface area (Å²) in [6.07, 6.45) is 25.3. The molecule has 1 aliphatic carbocycles. The average Bonchev–Trinajstić information content (AvgIpc) is 3.47. The number of carboxylic acid groups (broad SMARTS) is 1. The summed E-state index contributed by atoms with van der Waals surface area (Å²) in [4.78, 5) is 59.0. The SMILES string of the molecule is CC/C=C\C/C=C\C/C=C\CCCCCCCC(=O)O[C@H](COC(=O)CCCCC(=O)C[C@@H]1[C@@H](/C=C/[C@@H](O)CCCCC)[C@H](O)C[C@@H]1O)COP(=O)(O)OC[C@H](N)C(=O)O. The van der Waals surface area contributed by atoms with Gasteiger partial charge in [0.1, 0.15) is 18.4 Å². The molecule has 0 aromatic heterocycles. The van der Waals surface area contributed by atoms with Crippen molar-refractivity contribution in [2.75, 3.05) is 19.8 Å². The molecule has 1 rings (SSSR count). The van der Waals surface area contributed by atoms with Crippen LogP contribution in [0.4, 0.5) is 0 Å². The first kappa shape index (κ1) is 55.0. The Bertz CT molecular complexity index is 1380. The molecule has 16 heteroatoms. The van der Waals surface area contributed by atoms with Crippen LogP contribution < -0.4 is 5.73 Å². The Kier molecular flexibility index (Phi) is 30.8. The number of hydrogen-bond donors (Lipinski definition) is 6. The summed E-state index contributed by atoms with van der Waals surface area (Å²) in [6, 6.07) is -1.58. The van der Waals surface area contributed by atoms with E-state index in [0.717, 1.165) is 70.6 Å². The average molecular weight is 872 g/mol. The molecule has 1 saturated carbocycles. The van der Waals surface area contributed by atoms with E-state index in [4.69, 9.17) is 24.8 Å². The molecule has 0 spiro atoms. The number of aliphatic carboxylic acids is 1. The van der Waals surface area contributed by atoms with Crippen LogP contribution in [0, 0.1) is 11.8 Å². The molecule has 1 aliphatic rings. The highest BCUT2D eigenvalue weighted by molar-refractivity contribution is 7.47. The molecule has 1 unspecified atom stereocenters. The number of allylic oxidation sites excluding steroid dienone is 6. The Balaban J connectivity index is 2.54. The lowest BCUT2D eigenvalue weighted by atomic mass is 9.87. The van der Waals surface area contributed by atoms with Crippen LogP contribution in [0.25, 0.3) is 0 Å². The van der Waals surface area contributed by atoms with Gasteiger partial charge in [0, 0.05) is 43.9 Å². The van der Waals surface area contributed by atoms with Crippen molar-refractivity contribution in [3.05, 3.63) is 48.6 Å². The summed E-state index contributed by atoms with van der Waals surface area (Å²) in [5, 5.41) is 40.2. The number of aliphatic hydroxyl groups excluding tert-OH is 3. The van der Waals surface area contributed by atoms with Gasteiger partial charge < -0.3 is 40.5 Å². The number of rotatable bonds is 36. The van der Waals surface area contributed by atoms with Gasteiger partial charge in [0.15, 0.2) is 6.10 Å². The number of hydrogen-bond acceptors (Lipinski definition) is 13. The molecule has 60 heavy (non-hydrogen) atoms. The minimum absolute atomic E-state index is 0.0467. The quantitative estimate of drug-likeness (QED) is 0.0161. The Morgan fingerprint density at radius 2 is 1.38 bits per heavy atom. The van der Waals surface area contributed by atoms with Crippen LogP contribution in [-0.4, -0.2) is 99.3 Å². The van der Waals surface area contributed by atoms with Gasteiger partial charge >= 0.3 is 25.7 Å². The molecular weight excluding hydrogens is 797 g/mol. The number of phosphoric ester groups is 1. The van der Waals surface area contributed by atoms with E-state index in [-0.39, 0.29) is 37.9 Å². The molecule has 0 aromatic rings. The number of phosphoric acid groups is 1. The van der Waals surface area contributed by atoms with Gasteiger partial charge in [-0.15, -0.1) is 0 Å². The van der Waals surface area contributed by atoms with Gasteiger partial charge in [-0.1, -0.05) is 101 Å². The van der Waals surface area contributed by atoms with Crippen LogP contribution in [0.15, 0.2) is 48.6 Å². The van der Waals surface area contributed by atoms with Crippen LogP contribution in [0.3, 0.4) is 0 Å². The third kappa shape index (κ3) is 27.8. The maximum absolute atomic E-state index is 12.8. The van der Waals surface area contributed by atoms with Gasteiger partial charge in [0.25, 0.3) is 0 Å². The zero-order valence-corrected chi connectivity index (χ0v) is 36.8. The standard InChI is InChI=1S/C44H74NO14P/c1-3-5-7-8-9-10-11-12-13-14-15-16-17-18-20-26-43(51)59-36(32-57-60(54,55)58-33-39(45)44(52)53)31-56-42(50)25-22-21-24-35(47)29-38-37(40(48)30-41(38)49)28-27-34(46)23-19-6-4-2/h5,7,9-10,12-13,27-28,34,36-41,46,48-49H,3-4,6,8,11,14-26,29-33,45H2,1-2H3,(H,52,53)(H,54,55)/b7-5-,10-9-,13-12-,28-27+/t34-,36+,37+,38+,39-,40+,41-/m0/s1. The van der Waals surface area contributed by atoms with Crippen molar-refractivity contribution in [3.63, 3.8) is 0 Å². The van der Waals surface area contributed by atoms with Crippen molar-refractivity contribution in [1.29, 1.82) is 0 Å². The fourth-order valence-electron chi connectivity index (χ4n) is 6.54. The highest BCUT2D eigenvalue weighted by Gasteiger charge is 2.41. The summed E-state index contributed by atoms with van der Waals surface area (Å²) < 4.78 is 32.5. The number of carboxylic acids is 1. The number of ketones is 1. The van der Waals surface area contributed by atoms with Crippen LogP contribution in [0.1, 0.15) is 142 Å². The number of Topliss-reactive ketones (excluding diaryl/α,β-unsaturated/α-hetero) is 1. The maximum Gasteiger partial charge on any atom is 0.472 e. The van der Waals surface area contributed by atoms with Gasteiger partial charge in [-0.25, -0.2) is 4.57 Å². The summed E-state index contributed by atoms with van der Waals surface area (Å²) >= 11 is 0. The molecular formula is C44H74NO14P. The lowest BCUT2D eigenvalue weighted by molar-refractivity contribution is -0.161. The van der Waals surface area contributed by atoms with E-state index in [1.807, 2.05) is 0 Å². The predicted octanol–water partition coefficient (Wildman–Crippen LogP) is 6.95. The molecule has 344 valence electrons.